The zero-order valence-electron chi connectivity index (χ0n) is 12.3. The number of anilines is 1. The first kappa shape index (κ1) is 14.4. The number of hydrogen-bond donors (Lipinski definition) is 0. The summed E-state index contributed by atoms with van der Waals surface area (Å²) in [5.74, 6) is 0. The van der Waals surface area contributed by atoms with Crippen LogP contribution >= 0.6 is 12.4 Å². The van der Waals surface area contributed by atoms with Crippen molar-refractivity contribution < 1.29 is 0 Å². The van der Waals surface area contributed by atoms with Gasteiger partial charge in [0.25, 0.3) is 0 Å². The van der Waals surface area contributed by atoms with E-state index in [4.69, 9.17) is 0 Å². The molecule has 4 rings (SSSR count). The molecule has 0 N–H and O–H groups in total. The number of benzene rings is 2. The molecule has 0 amide bonds. The molecule has 2 aliphatic rings. The quantitative estimate of drug-likeness (QED) is 0.735. The van der Waals surface area contributed by atoms with Crippen LogP contribution < -0.4 is 4.90 Å². The lowest BCUT2D eigenvalue weighted by Gasteiger charge is -2.41. The van der Waals surface area contributed by atoms with Crippen LogP contribution in [-0.2, 0) is 6.42 Å². The predicted octanol–water partition coefficient (Wildman–Crippen LogP) is 3.51. The van der Waals surface area contributed by atoms with Crippen LogP contribution in [0.3, 0.4) is 0 Å². The average Bonchev–Trinajstić information content (AvgIpc) is 2.61. The molecule has 0 aliphatic carbocycles. The van der Waals surface area contributed by atoms with Crippen LogP contribution in [0.25, 0.3) is 0 Å². The van der Waals surface area contributed by atoms with Gasteiger partial charge in [0.1, 0.15) is 0 Å². The maximum absolute atomic E-state index is 2.61. The number of piperazine rings is 1. The predicted molar refractivity (Wildman–Crippen MR) is 90.5 cm³/mol. The lowest BCUT2D eigenvalue weighted by atomic mass is 9.96. The van der Waals surface area contributed by atoms with Crippen molar-refractivity contribution in [2.75, 3.05) is 31.6 Å². The van der Waals surface area contributed by atoms with Crippen molar-refractivity contribution in [1.29, 1.82) is 0 Å². The van der Waals surface area contributed by atoms with E-state index in [2.05, 4.69) is 65.4 Å². The number of para-hydroxylation sites is 1. The van der Waals surface area contributed by atoms with Gasteiger partial charge in [0.15, 0.2) is 0 Å². The van der Waals surface area contributed by atoms with Crippen LogP contribution in [0.2, 0.25) is 0 Å². The summed E-state index contributed by atoms with van der Waals surface area (Å²) in [6, 6.07) is 18.4. The number of nitrogens with zero attached hydrogens (tertiary/aromatic N) is 2. The van der Waals surface area contributed by atoms with Gasteiger partial charge in [0.2, 0.25) is 0 Å². The second-order valence-corrected chi connectivity index (χ2v) is 5.98. The van der Waals surface area contributed by atoms with E-state index in [9.17, 15) is 0 Å². The molecule has 1 fully saturated rings. The summed E-state index contributed by atoms with van der Waals surface area (Å²) in [7, 11) is 2.23. The highest BCUT2D eigenvalue weighted by atomic mass is 35.5. The van der Waals surface area contributed by atoms with Gasteiger partial charge in [-0.15, -0.1) is 12.4 Å². The third-order valence-electron chi connectivity index (χ3n) is 4.68. The van der Waals surface area contributed by atoms with Gasteiger partial charge in [-0.1, -0.05) is 42.5 Å². The molecule has 3 heteroatoms. The molecule has 2 aromatic rings. The first-order valence-corrected chi connectivity index (χ1v) is 7.44. The van der Waals surface area contributed by atoms with E-state index >= 15 is 0 Å². The Kier molecular flexibility index (Phi) is 3.92. The number of rotatable bonds is 0. The van der Waals surface area contributed by atoms with Gasteiger partial charge in [0.05, 0.1) is 6.04 Å². The third-order valence-corrected chi connectivity index (χ3v) is 4.68. The topological polar surface area (TPSA) is 6.48 Å². The average molecular weight is 301 g/mol. The van der Waals surface area contributed by atoms with E-state index in [0.717, 1.165) is 26.1 Å². The molecule has 1 atom stereocenters. The van der Waals surface area contributed by atoms with E-state index in [1.54, 1.807) is 0 Å². The molecule has 0 unspecified atom stereocenters. The fourth-order valence-corrected chi connectivity index (χ4v) is 3.64. The molecule has 0 saturated carbocycles. The summed E-state index contributed by atoms with van der Waals surface area (Å²) in [5.41, 5.74) is 5.90. The molecule has 0 aromatic heterocycles. The molecule has 0 bridgehead atoms. The van der Waals surface area contributed by atoms with E-state index < -0.39 is 0 Å². The fraction of sp³-hybridized carbons (Fsp3) is 0.333. The van der Waals surface area contributed by atoms with Crippen LogP contribution in [0.1, 0.15) is 22.7 Å². The maximum atomic E-state index is 2.61. The van der Waals surface area contributed by atoms with Crippen molar-refractivity contribution in [1.82, 2.24) is 4.90 Å². The van der Waals surface area contributed by atoms with E-state index in [-0.39, 0.29) is 12.4 Å². The summed E-state index contributed by atoms with van der Waals surface area (Å²) in [4.78, 5) is 5.06. The highest BCUT2D eigenvalue weighted by Crippen LogP contribution is 2.38. The monoisotopic (exact) mass is 300 g/mol. The Labute approximate surface area is 132 Å². The van der Waals surface area contributed by atoms with E-state index in [0.29, 0.717) is 6.04 Å². The zero-order valence-corrected chi connectivity index (χ0v) is 13.1. The molecular formula is C18H21ClN2. The molecule has 1 saturated heterocycles. The molecular weight excluding hydrogens is 280 g/mol. The van der Waals surface area contributed by atoms with E-state index in [1.807, 2.05) is 0 Å². The molecule has 2 aliphatic heterocycles. The number of fused-ring (bicyclic) bond motifs is 5. The Morgan fingerprint density at radius 1 is 0.905 bits per heavy atom. The lowest BCUT2D eigenvalue weighted by molar-refractivity contribution is 0.269. The van der Waals surface area contributed by atoms with Crippen molar-refractivity contribution in [3.63, 3.8) is 0 Å². The molecule has 2 aromatic carbocycles. The minimum atomic E-state index is 0. The van der Waals surface area contributed by atoms with Crippen molar-refractivity contribution in [3.8, 4) is 0 Å². The first-order valence-electron chi connectivity index (χ1n) is 7.44. The Hall–Kier alpha value is -1.51. The molecule has 0 spiro atoms. The van der Waals surface area contributed by atoms with Gasteiger partial charge in [-0.25, -0.2) is 0 Å². The summed E-state index contributed by atoms with van der Waals surface area (Å²) in [6.07, 6.45) is 1.06. The van der Waals surface area contributed by atoms with Gasteiger partial charge in [-0.2, -0.15) is 0 Å². The van der Waals surface area contributed by atoms with Gasteiger partial charge >= 0.3 is 0 Å². The van der Waals surface area contributed by atoms with Crippen molar-refractivity contribution >= 4 is 18.1 Å². The second kappa shape index (κ2) is 5.70. The van der Waals surface area contributed by atoms with Crippen LogP contribution in [0, 0.1) is 0 Å². The summed E-state index contributed by atoms with van der Waals surface area (Å²) in [5, 5.41) is 0. The standard InChI is InChI=1S/C18H20N2.ClH/c1-19-10-11-20-17-9-5-3-7-15(17)12-14-6-2-4-8-16(14)18(20)13-19;/h2-9,18H,10-13H2,1H3;1H/t18-;/m0./s1. The van der Waals surface area contributed by atoms with Crippen molar-refractivity contribution in [3.05, 3.63) is 65.2 Å². The van der Waals surface area contributed by atoms with Crippen molar-refractivity contribution in [2.24, 2.45) is 0 Å². The largest absolute Gasteiger partial charge is 0.362 e. The van der Waals surface area contributed by atoms with Gasteiger partial charge in [-0.3, -0.25) is 0 Å². The molecule has 110 valence electrons. The first-order chi connectivity index (χ1) is 9.83. The Morgan fingerprint density at radius 3 is 2.48 bits per heavy atom. The van der Waals surface area contributed by atoms with Crippen LogP contribution in [0.4, 0.5) is 5.69 Å². The maximum Gasteiger partial charge on any atom is 0.0672 e. The van der Waals surface area contributed by atoms with Crippen LogP contribution in [0.5, 0.6) is 0 Å². The molecule has 21 heavy (non-hydrogen) atoms. The Bertz CT molecular complexity index is 641. The van der Waals surface area contributed by atoms with E-state index in [1.165, 1.54) is 22.4 Å². The van der Waals surface area contributed by atoms with Gasteiger partial charge in [-0.05, 0) is 36.2 Å². The highest BCUT2D eigenvalue weighted by molar-refractivity contribution is 5.85. The highest BCUT2D eigenvalue weighted by Gasteiger charge is 2.31. The molecule has 0 radical (unpaired) electrons. The minimum absolute atomic E-state index is 0. The number of halogens is 1. The normalized spacial score (nSPS) is 20.6. The molecule has 2 nitrogen and oxygen atoms in total. The smallest absolute Gasteiger partial charge is 0.0672 e. The summed E-state index contributed by atoms with van der Waals surface area (Å²) < 4.78 is 0. The molecule has 2 heterocycles. The number of likely N-dealkylation sites (N-methyl/N-ethyl adjacent to an activating group) is 1. The zero-order chi connectivity index (χ0) is 13.5. The van der Waals surface area contributed by atoms with Gasteiger partial charge in [0, 0.05) is 25.3 Å². The Morgan fingerprint density at radius 2 is 1.62 bits per heavy atom. The van der Waals surface area contributed by atoms with Gasteiger partial charge < -0.3 is 9.80 Å². The number of hydrogen-bond acceptors (Lipinski definition) is 2. The lowest BCUT2D eigenvalue weighted by Crippen LogP contribution is -2.46. The van der Waals surface area contributed by atoms with Crippen molar-refractivity contribution in [2.45, 2.75) is 12.5 Å². The SMILES string of the molecule is CN1CCN2c3ccccc3Cc3ccccc3[C@@H]2C1.Cl. The summed E-state index contributed by atoms with van der Waals surface area (Å²) >= 11 is 0. The second-order valence-electron chi connectivity index (χ2n) is 5.98. The fourth-order valence-electron chi connectivity index (χ4n) is 3.64. The minimum Gasteiger partial charge on any atom is -0.362 e. The van der Waals surface area contributed by atoms with Crippen LogP contribution in [-0.4, -0.2) is 31.6 Å². The van der Waals surface area contributed by atoms with Crippen LogP contribution in [0.15, 0.2) is 48.5 Å². The summed E-state index contributed by atoms with van der Waals surface area (Å²) in [6.45, 7) is 3.38. The Balaban J connectivity index is 0.00000132. The third kappa shape index (κ3) is 2.43.